The van der Waals surface area contributed by atoms with E-state index in [1.807, 2.05) is 24.3 Å². The standard InChI is InChI=1S/C16H20N2O3/c19-15(20)8-11-4-1-2-5-12(11)10-18-7-3-6-13-14(18)9-17-16(13)21/h1-2,4-5,13-14H,3,6-10H2,(H,17,21)(H,19,20). The molecule has 2 saturated heterocycles. The number of benzene rings is 1. The maximum atomic E-state index is 11.8. The zero-order valence-corrected chi connectivity index (χ0v) is 11.9. The number of piperidine rings is 1. The lowest BCUT2D eigenvalue weighted by Gasteiger charge is -2.36. The van der Waals surface area contributed by atoms with Crippen LogP contribution >= 0.6 is 0 Å². The van der Waals surface area contributed by atoms with E-state index in [-0.39, 0.29) is 24.3 Å². The van der Waals surface area contributed by atoms with Crippen molar-refractivity contribution in [3.05, 3.63) is 35.4 Å². The highest BCUT2D eigenvalue weighted by molar-refractivity contribution is 5.82. The van der Waals surface area contributed by atoms with Crippen LogP contribution in [-0.4, -0.2) is 41.0 Å². The van der Waals surface area contributed by atoms with E-state index in [0.717, 1.165) is 37.1 Å². The van der Waals surface area contributed by atoms with Crippen LogP contribution in [0.1, 0.15) is 24.0 Å². The summed E-state index contributed by atoms with van der Waals surface area (Å²) < 4.78 is 0. The van der Waals surface area contributed by atoms with Crippen molar-refractivity contribution in [2.45, 2.75) is 31.8 Å². The number of rotatable bonds is 4. The number of carbonyl (C=O) groups is 2. The van der Waals surface area contributed by atoms with Crippen LogP contribution in [0.25, 0.3) is 0 Å². The normalized spacial score (nSPS) is 25.4. The number of nitrogens with one attached hydrogen (secondary N) is 1. The fourth-order valence-corrected chi connectivity index (χ4v) is 3.50. The molecule has 2 aliphatic rings. The number of nitrogens with zero attached hydrogens (tertiary/aromatic N) is 1. The van der Waals surface area contributed by atoms with Gasteiger partial charge in [-0.05, 0) is 30.5 Å². The molecule has 0 aliphatic carbocycles. The van der Waals surface area contributed by atoms with Gasteiger partial charge in [-0.1, -0.05) is 24.3 Å². The molecule has 2 heterocycles. The second-order valence-corrected chi connectivity index (χ2v) is 5.87. The fraction of sp³-hybridized carbons (Fsp3) is 0.500. The van der Waals surface area contributed by atoms with E-state index in [0.29, 0.717) is 6.54 Å². The molecule has 112 valence electrons. The Labute approximate surface area is 123 Å². The Morgan fingerprint density at radius 2 is 2.10 bits per heavy atom. The molecule has 1 aromatic rings. The van der Waals surface area contributed by atoms with Crippen molar-refractivity contribution >= 4 is 11.9 Å². The second-order valence-electron chi connectivity index (χ2n) is 5.87. The molecule has 0 aromatic heterocycles. The number of carbonyl (C=O) groups excluding carboxylic acids is 1. The van der Waals surface area contributed by atoms with Gasteiger partial charge in [-0.3, -0.25) is 14.5 Å². The number of carboxylic acids is 1. The molecule has 0 bridgehead atoms. The summed E-state index contributed by atoms with van der Waals surface area (Å²) in [5.41, 5.74) is 1.92. The van der Waals surface area contributed by atoms with Crippen molar-refractivity contribution in [2.24, 2.45) is 5.92 Å². The van der Waals surface area contributed by atoms with Gasteiger partial charge in [0.1, 0.15) is 0 Å². The molecule has 2 fully saturated rings. The van der Waals surface area contributed by atoms with E-state index >= 15 is 0 Å². The molecule has 2 unspecified atom stereocenters. The summed E-state index contributed by atoms with van der Waals surface area (Å²) in [5, 5.41) is 12.0. The molecule has 21 heavy (non-hydrogen) atoms. The van der Waals surface area contributed by atoms with Gasteiger partial charge in [-0.15, -0.1) is 0 Å². The Kier molecular flexibility index (Phi) is 3.92. The Morgan fingerprint density at radius 1 is 1.33 bits per heavy atom. The maximum absolute atomic E-state index is 11.8. The van der Waals surface area contributed by atoms with Gasteiger partial charge in [0.15, 0.2) is 0 Å². The van der Waals surface area contributed by atoms with E-state index in [1.54, 1.807) is 0 Å². The molecule has 2 aliphatic heterocycles. The lowest BCUT2D eigenvalue weighted by Crippen LogP contribution is -2.45. The predicted molar refractivity (Wildman–Crippen MR) is 77.7 cm³/mol. The molecule has 0 spiro atoms. The molecule has 1 aromatic carbocycles. The van der Waals surface area contributed by atoms with Gasteiger partial charge >= 0.3 is 5.97 Å². The first kappa shape index (κ1) is 14.1. The van der Waals surface area contributed by atoms with Gasteiger partial charge in [0, 0.05) is 19.1 Å². The third-order valence-electron chi connectivity index (χ3n) is 4.55. The molecule has 2 N–H and O–H groups in total. The lowest BCUT2D eigenvalue weighted by atomic mass is 9.90. The minimum Gasteiger partial charge on any atom is -0.481 e. The van der Waals surface area contributed by atoms with Crippen LogP contribution in [0.2, 0.25) is 0 Å². The van der Waals surface area contributed by atoms with Gasteiger partial charge < -0.3 is 10.4 Å². The van der Waals surface area contributed by atoms with Crippen LogP contribution in [0, 0.1) is 5.92 Å². The fourth-order valence-electron chi connectivity index (χ4n) is 3.50. The minimum absolute atomic E-state index is 0.0509. The van der Waals surface area contributed by atoms with Crippen LogP contribution in [0.15, 0.2) is 24.3 Å². The summed E-state index contributed by atoms with van der Waals surface area (Å²) in [7, 11) is 0. The molecule has 5 heteroatoms. The summed E-state index contributed by atoms with van der Waals surface area (Å²) in [6.07, 6.45) is 2.04. The molecule has 1 amide bonds. The van der Waals surface area contributed by atoms with Gasteiger partial charge in [0.25, 0.3) is 0 Å². The van der Waals surface area contributed by atoms with Crippen molar-refractivity contribution in [3.8, 4) is 0 Å². The number of hydrogen-bond donors (Lipinski definition) is 2. The van der Waals surface area contributed by atoms with E-state index in [4.69, 9.17) is 5.11 Å². The van der Waals surface area contributed by atoms with Gasteiger partial charge in [0.05, 0.1) is 12.3 Å². The van der Waals surface area contributed by atoms with Crippen molar-refractivity contribution in [1.82, 2.24) is 10.2 Å². The zero-order chi connectivity index (χ0) is 14.8. The van der Waals surface area contributed by atoms with E-state index in [2.05, 4.69) is 10.2 Å². The van der Waals surface area contributed by atoms with Crippen molar-refractivity contribution in [3.63, 3.8) is 0 Å². The van der Waals surface area contributed by atoms with Crippen LogP contribution in [-0.2, 0) is 22.6 Å². The highest BCUT2D eigenvalue weighted by Crippen LogP contribution is 2.29. The third-order valence-corrected chi connectivity index (χ3v) is 4.55. The van der Waals surface area contributed by atoms with Gasteiger partial charge in [0.2, 0.25) is 5.91 Å². The number of likely N-dealkylation sites (tertiary alicyclic amines) is 1. The first-order valence-corrected chi connectivity index (χ1v) is 7.45. The summed E-state index contributed by atoms with van der Waals surface area (Å²) in [6, 6.07) is 7.94. The second kappa shape index (κ2) is 5.85. The largest absolute Gasteiger partial charge is 0.481 e. The molecular weight excluding hydrogens is 268 g/mol. The summed E-state index contributed by atoms with van der Waals surface area (Å²) in [5.74, 6) is -0.536. The van der Waals surface area contributed by atoms with E-state index < -0.39 is 5.97 Å². The molecule has 3 rings (SSSR count). The maximum Gasteiger partial charge on any atom is 0.307 e. The molecular formula is C16H20N2O3. The minimum atomic E-state index is -0.809. The smallest absolute Gasteiger partial charge is 0.307 e. The molecule has 2 atom stereocenters. The first-order valence-electron chi connectivity index (χ1n) is 7.45. The summed E-state index contributed by atoms with van der Waals surface area (Å²) in [4.78, 5) is 25.1. The van der Waals surface area contributed by atoms with Gasteiger partial charge in [-0.25, -0.2) is 0 Å². The van der Waals surface area contributed by atoms with E-state index in [1.165, 1.54) is 0 Å². The monoisotopic (exact) mass is 288 g/mol. The first-order chi connectivity index (χ1) is 10.1. The van der Waals surface area contributed by atoms with Crippen molar-refractivity contribution < 1.29 is 14.7 Å². The summed E-state index contributed by atoms with van der Waals surface area (Å²) in [6.45, 7) is 2.40. The van der Waals surface area contributed by atoms with E-state index in [9.17, 15) is 9.59 Å². The zero-order valence-electron chi connectivity index (χ0n) is 11.9. The molecule has 0 saturated carbocycles. The quantitative estimate of drug-likeness (QED) is 0.868. The Balaban J connectivity index is 1.77. The van der Waals surface area contributed by atoms with Crippen molar-refractivity contribution in [2.75, 3.05) is 13.1 Å². The van der Waals surface area contributed by atoms with Crippen molar-refractivity contribution in [1.29, 1.82) is 0 Å². The Bertz CT molecular complexity index is 558. The topological polar surface area (TPSA) is 69.6 Å². The number of hydrogen-bond acceptors (Lipinski definition) is 3. The summed E-state index contributed by atoms with van der Waals surface area (Å²) >= 11 is 0. The average molecular weight is 288 g/mol. The highest BCUT2D eigenvalue weighted by Gasteiger charge is 2.40. The number of fused-ring (bicyclic) bond motifs is 1. The molecule has 5 nitrogen and oxygen atoms in total. The Morgan fingerprint density at radius 3 is 2.86 bits per heavy atom. The third kappa shape index (κ3) is 2.93. The van der Waals surface area contributed by atoms with Crippen LogP contribution in [0.4, 0.5) is 0 Å². The van der Waals surface area contributed by atoms with Gasteiger partial charge in [-0.2, -0.15) is 0 Å². The Hall–Kier alpha value is -1.88. The molecule has 0 radical (unpaired) electrons. The predicted octanol–water partition coefficient (Wildman–Crippen LogP) is 1.02. The SMILES string of the molecule is O=C(O)Cc1ccccc1CN1CCCC2C(=O)NCC21. The van der Waals surface area contributed by atoms with Crippen LogP contribution in [0.5, 0.6) is 0 Å². The number of amides is 1. The van der Waals surface area contributed by atoms with Crippen LogP contribution < -0.4 is 5.32 Å². The number of aliphatic carboxylic acids is 1. The lowest BCUT2D eigenvalue weighted by molar-refractivity contribution is -0.136. The highest BCUT2D eigenvalue weighted by atomic mass is 16.4. The van der Waals surface area contributed by atoms with Crippen LogP contribution in [0.3, 0.4) is 0 Å². The average Bonchev–Trinajstić information content (AvgIpc) is 2.83. The number of carboxylic acid groups (broad SMARTS) is 1.